The first-order chi connectivity index (χ1) is 8.29. The Kier molecular flexibility index (Phi) is 3.35. The van der Waals surface area contributed by atoms with E-state index in [1.807, 2.05) is 22.6 Å². The predicted molar refractivity (Wildman–Crippen MR) is 76.2 cm³/mol. The molecule has 0 aliphatic carbocycles. The third-order valence-corrected chi connectivity index (χ3v) is 3.14. The number of halogens is 2. The maximum Gasteiger partial charge on any atom is 0.419 e. The van der Waals surface area contributed by atoms with E-state index in [1.54, 1.807) is 39.1 Å². The molecule has 0 atom stereocenters. The smallest absolute Gasteiger partial charge is 0.419 e. The highest BCUT2D eigenvalue weighted by atomic mass is 127. The fourth-order valence-electron chi connectivity index (χ4n) is 1.66. The number of carbonyl (C=O) groups excluding carboxylic acids is 1. The number of rotatable bonds is 0. The first-order valence-corrected chi connectivity index (χ1v) is 6.56. The van der Waals surface area contributed by atoms with Gasteiger partial charge in [0.2, 0.25) is 0 Å². The molecule has 0 radical (unpaired) electrons. The lowest BCUT2D eigenvalue weighted by Gasteiger charge is -2.19. The van der Waals surface area contributed by atoms with E-state index in [0.717, 1.165) is 0 Å². The number of fused-ring (bicyclic) bond motifs is 1. The average molecular weight is 361 g/mol. The molecule has 0 N–H and O–H groups in total. The number of benzene rings is 1. The quantitative estimate of drug-likeness (QED) is 0.660. The average Bonchev–Trinajstić information content (AvgIpc) is 2.55. The van der Waals surface area contributed by atoms with E-state index in [4.69, 9.17) is 4.74 Å². The second-order valence-electron chi connectivity index (χ2n) is 4.96. The van der Waals surface area contributed by atoms with Crippen LogP contribution in [0.15, 0.2) is 24.4 Å². The van der Waals surface area contributed by atoms with Crippen LogP contribution in [0.1, 0.15) is 20.8 Å². The van der Waals surface area contributed by atoms with Crippen molar-refractivity contribution in [3.05, 3.63) is 33.8 Å². The summed E-state index contributed by atoms with van der Waals surface area (Å²) < 4.78 is 21.0. The number of aromatic nitrogens is 1. The third-order valence-electron chi connectivity index (χ3n) is 2.32. The van der Waals surface area contributed by atoms with Gasteiger partial charge in [0.15, 0.2) is 0 Å². The van der Waals surface area contributed by atoms with Gasteiger partial charge in [-0.05, 0) is 55.5 Å². The normalized spacial score (nSPS) is 11.8. The molecule has 0 aliphatic heterocycles. The minimum Gasteiger partial charge on any atom is -0.443 e. The van der Waals surface area contributed by atoms with E-state index in [9.17, 15) is 9.18 Å². The Morgan fingerprint density at radius 3 is 2.67 bits per heavy atom. The van der Waals surface area contributed by atoms with Gasteiger partial charge in [0.25, 0.3) is 0 Å². The van der Waals surface area contributed by atoms with E-state index in [2.05, 4.69) is 0 Å². The summed E-state index contributed by atoms with van der Waals surface area (Å²) in [5, 5.41) is 0.448. The fourth-order valence-corrected chi connectivity index (χ4v) is 2.47. The lowest BCUT2D eigenvalue weighted by atomic mass is 10.2. The van der Waals surface area contributed by atoms with Crippen LogP contribution in [0, 0.1) is 9.39 Å². The molecule has 3 nitrogen and oxygen atoms in total. The van der Waals surface area contributed by atoms with Crippen molar-refractivity contribution >= 4 is 39.6 Å². The molecule has 1 aromatic carbocycles. The van der Waals surface area contributed by atoms with Crippen LogP contribution in [0.4, 0.5) is 9.18 Å². The predicted octanol–water partition coefficient (Wildman–Crippen LogP) is 4.17. The van der Waals surface area contributed by atoms with E-state index in [1.165, 1.54) is 10.6 Å². The second-order valence-corrected chi connectivity index (χ2v) is 6.12. The van der Waals surface area contributed by atoms with E-state index >= 15 is 0 Å². The van der Waals surface area contributed by atoms with Gasteiger partial charge in [0.1, 0.15) is 11.4 Å². The molecule has 0 aliphatic rings. The summed E-state index contributed by atoms with van der Waals surface area (Å²) in [6.45, 7) is 5.38. The van der Waals surface area contributed by atoms with Crippen molar-refractivity contribution in [3.8, 4) is 0 Å². The number of hydrogen-bond acceptors (Lipinski definition) is 2. The van der Waals surface area contributed by atoms with Crippen molar-refractivity contribution < 1.29 is 13.9 Å². The maximum absolute atomic E-state index is 13.7. The molecular formula is C13H13FINO2. The molecule has 0 fully saturated rings. The van der Waals surface area contributed by atoms with Crippen LogP contribution in [-0.4, -0.2) is 16.3 Å². The summed E-state index contributed by atoms with van der Waals surface area (Å²) in [6.07, 6.45) is 1.09. The SMILES string of the molecule is CC(C)(C)OC(=O)n1cc(I)c2c(F)cccc21. The Morgan fingerprint density at radius 2 is 2.06 bits per heavy atom. The zero-order valence-electron chi connectivity index (χ0n) is 10.3. The Labute approximate surface area is 118 Å². The van der Waals surface area contributed by atoms with Crippen molar-refractivity contribution in [1.29, 1.82) is 0 Å². The molecule has 1 heterocycles. The molecule has 2 aromatic rings. The first-order valence-electron chi connectivity index (χ1n) is 5.48. The first kappa shape index (κ1) is 13.3. The summed E-state index contributed by atoms with van der Waals surface area (Å²) in [5.74, 6) is -0.334. The van der Waals surface area contributed by atoms with Crippen molar-refractivity contribution in [2.45, 2.75) is 26.4 Å². The van der Waals surface area contributed by atoms with Crippen LogP contribution in [0.5, 0.6) is 0 Å². The maximum atomic E-state index is 13.7. The highest BCUT2D eigenvalue weighted by Crippen LogP contribution is 2.26. The molecule has 1 aromatic heterocycles. The number of carbonyl (C=O) groups is 1. The van der Waals surface area contributed by atoms with Crippen molar-refractivity contribution in [2.75, 3.05) is 0 Å². The number of nitrogens with zero attached hydrogens (tertiary/aromatic N) is 1. The molecule has 0 amide bonds. The molecule has 96 valence electrons. The number of ether oxygens (including phenoxy) is 1. The lowest BCUT2D eigenvalue weighted by molar-refractivity contribution is 0.0544. The second kappa shape index (κ2) is 4.53. The summed E-state index contributed by atoms with van der Waals surface area (Å²) in [4.78, 5) is 12.0. The molecule has 0 unspecified atom stereocenters. The molecule has 18 heavy (non-hydrogen) atoms. The van der Waals surface area contributed by atoms with Crippen molar-refractivity contribution in [2.24, 2.45) is 0 Å². The van der Waals surface area contributed by atoms with Gasteiger partial charge in [-0.3, -0.25) is 4.57 Å². The van der Waals surface area contributed by atoms with E-state index < -0.39 is 11.7 Å². The van der Waals surface area contributed by atoms with E-state index in [-0.39, 0.29) is 5.82 Å². The van der Waals surface area contributed by atoms with Gasteiger partial charge in [0, 0.05) is 15.2 Å². The minimum atomic E-state index is -0.577. The van der Waals surface area contributed by atoms with Gasteiger partial charge in [0.05, 0.1) is 5.52 Å². The van der Waals surface area contributed by atoms with Crippen molar-refractivity contribution in [3.63, 3.8) is 0 Å². The molecule has 2 rings (SSSR count). The van der Waals surface area contributed by atoms with Crippen LogP contribution in [0.3, 0.4) is 0 Å². The highest BCUT2D eigenvalue weighted by Gasteiger charge is 2.21. The van der Waals surface area contributed by atoms with E-state index in [0.29, 0.717) is 14.5 Å². The molecule has 5 heteroatoms. The monoisotopic (exact) mass is 361 g/mol. The fraction of sp³-hybridized carbons (Fsp3) is 0.308. The summed E-state index contributed by atoms with van der Waals surface area (Å²) in [7, 11) is 0. The lowest BCUT2D eigenvalue weighted by Crippen LogP contribution is -2.26. The zero-order chi connectivity index (χ0) is 13.5. The zero-order valence-corrected chi connectivity index (χ0v) is 12.5. The van der Waals surface area contributed by atoms with Crippen LogP contribution in [0.2, 0.25) is 0 Å². The summed E-state index contributed by atoms with van der Waals surface area (Å²) >= 11 is 2.01. The molecule has 0 saturated heterocycles. The third kappa shape index (κ3) is 2.50. The minimum absolute atomic E-state index is 0.334. The highest BCUT2D eigenvalue weighted by molar-refractivity contribution is 14.1. The van der Waals surface area contributed by atoms with Gasteiger partial charge in [-0.15, -0.1) is 0 Å². The topological polar surface area (TPSA) is 31.2 Å². The molecular weight excluding hydrogens is 348 g/mol. The van der Waals surface area contributed by atoms with Crippen LogP contribution >= 0.6 is 22.6 Å². The van der Waals surface area contributed by atoms with Crippen LogP contribution in [0.25, 0.3) is 10.9 Å². The number of hydrogen-bond donors (Lipinski definition) is 0. The Morgan fingerprint density at radius 1 is 1.39 bits per heavy atom. The standard InChI is InChI=1S/C13H13FINO2/c1-13(2,3)18-12(17)16-7-9(15)11-8(14)5-4-6-10(11)16/h4-7H,1-3H3. The molecule has 0 saturated carbocycles. The Bertz CT molecular complexity index is 613. The molecule has 0 bridgehead atoms. The largest absolute Gasteiger partial charge is 0.443 e. The Balaban J connectivity index is 2.53. The van der Waals surface area contributed by atoms with Crippen LogP contribution < -0.4 is 0 Å². The van der Waals surface area contributed by atoms with Crippen molar-refractivity contribution in [1.82, 2.24) is 4.57 Å². The Hall–Kier alpha value is -1.11. The van der Waals surface area contributed by atoms with Gasteiger partial charge in [-0.1, -0.05) is 6.07 Å². The summed E-state index contributed by atoms with van der Waals surface area (Å²) in [5.41, 5.74) is -0.0550. The van der Waals surface area contributed by atoms with Gasteiger partial charge < -0.3 is 4.74 Å². The van der Waals surface area contributed by atoms with Gasteiger partial charge in [-0.25, -0.2) is 9.18 Å². The van der Waals surface area contributed by atoms with Gasteiger partial charge >= 0.3 is 6.09 Å². The summed E-state index contributed by atoms with van der Waals surface area (Å²) in [6, 6.07) is 4.66. The molecule has 0 spiro atoms. The van der Waals surface area contributed by atoms with Crippen LogP contribution in [-0.2, 0) is 4.74 Å². The van der Waals surface area contributed by atoms with Gasteiger partial charge in [-0.2, -0.15) is 0 Å².